The van der Waals surface area contributed by atoms with Crippen molar-refractivity contribution in [3.63, 3.8) is 0 Å². The lowest BCUT2D eigenvalue weighted by Gasteiger charge is -2.14. The maximum absolute atomic E-state index is 13.2. The van der Waals surface area contributed by atoms with Crippen molar-refractivity contribution in [1.29, 1.82) is 0 Å². The van der Waals surface area contributed by atoms with Crippen molar-refractivity contribution in [2.45, 2.75) is 6.92 Å². The Morgan fingerprint density at radius 3 is 2.34 bits per heavy atom. The normalized spacial score (nSPS) is 10.6. The third kappa shape index (κ3) is 5.47. The van der Waals surface area contributed by atoms with Gasteiger partial charge in [0.15, 0.2) is 0 Å². The lowest BCUT2D eigenvalue weighted by atomic mass is 10.2. The highest BCUT2D eigenvalue weighted by atomic mass is 79.9. The van der Waals surface area contributed by atoms with Crippen LogP contribution >= 0.6 is 27.5 Å². The second-order valence-corrected chi connectivity index (χ2v) is 8.96. The third-order valence-electron chi connectivity index (χ3n) is 5.20. The Labute approximate surface area is 214 Å². The first-order valence-corrected chi connectivity index (χ1v) is 11.6. The van der Waals surface area contributed by atoms with Crippen LogP contribution in [0.3, 0.4) is 0 Å². The molecule has 0 fully saturated rings. The number of rotatable bonds is 5. The van der Waals surface area contributed by atoms with E-state index in [0.29, 0.717) is 33.0 Å². The number of anilines is 2. The van der Waals surface area contributed by atoms with Gasteiger partial charge in [-0.3, -0.25) is 19.8 Å². The van der Waals surface area contributed by atoms with E-state index in [1.165, 1.54) is 11.8 Å². The molecule has 0 radical (unpaired) electrons. The smallest absolute Gasteiger partial charge is 0.328 e. The predicted octanol–water partition coefficient (Wildman–Crippen LogP) is 5.34. The molecule has 0 bridgehead atoms. The standard InChI is InChI=1S/C25H20BrClN4O4/c1-14-11-16(26)3-9-20(14)29-23(32)22-13-15-12-17(27)4-10-21(15)31(22)30-25(34)24(33)28-18-5-7-19(35-2)8-6-18/h3-13H,1-2H3,(H,28,33)(H,29,32)(H,30,34). The van der Waals surface area contributed by atoms with Crippen molar-refractivity contribution in [3.8, 4) is 5.75 Å². The molecular formula is C25H20BrClN4O4. The van der Waals surface area contributed by atoms with Gasteiger partial charge in [0, 0.05) is 26.3 Å². The summed E-state index contributed by atoms with van der Waals surface area (Å²) >= 11 is 9.52. The molecule has 8 nitrogen and oxygen atoms in total. The van der Waals surface area contributed by atoms with E-state index >= 15 is 0 Å². The third-order valence-corrected chi connectivity index (χ3v) is 5.93. The van der Waals surface area contributed by atoms with Crippen molar-refractivity contribution in [3.05, 3.63) is 87.5 Å². The fourth-order valence-corrected chi connectivity index (χ4v) is 4.10. The SMILES string of the molecule is COc1ccc(NC(=O)C(=O)Nn2c(C(=O)Nc3ccc(Br)cc3C)cc3cc(Cl)ccc32)cc1. The molecule has 1 heterocycles. The average molecular weight is 556 g/mol. The summed E-state index contributed by atoms with van der Waals surface area (Å²) in [4.78, 5) is 38.5. The molecular weight excluding hydrogens is 536 g/mol. The summed E-state index contributed by atoms with van der Waals surface area (Å²) in [7, 11) is 1.53. The molecule has 1 aromatic heterocycles. The van der Waals surface area contributed by atoms with Gasteiger partial charge in [-0.05, 0) is 79.2 Å². The minimum atomic E-state index is -0.956. The molecule has 0 spiro atoms. The zero-order chi connectivity index (χ0) is 25.1. The molecule has 3 amide bonds. The maximum atomic E-state index is 13.2. The first-order chi connectivity index (χ1) is 16.7. The van der Waals surface area contributed by atoms with E-state index in [1.54, 1.807) is 54.6 Å². The van der Waals surface area contributed by atoms with Crippen LogP contribution < -0.4 is 20.8 Å². The number of nitrogens with zero attached hydrogens (tertiary/aromatic N) is 1. The van der Waals surface area contributed by atoms with E-state index in [-0.39, 0.29) is 5.69 Å². The number of amides is 3. The van der Waals surface area contributed by atoms with Gasteiger partial charge in [-0.15, -0.1) is 0 Å². The number of methoxy groups -OCH3 is 1. The second-order valence-electron chi connectivity index (χ2n) is 7.61. The van der Waals surface area contributed by atoms with Crippen LogP contribution in [0.25, 0.3) is 10.9 Å². The van der Waals surface area contributed by atoms with Gasteiger partial charge in [0.05, 0.1) is 12.6 Å². The van der Waals surface area contributed by atoms with Crippen LogP contribution in [0, 0.1) is 6.92 Å². The lowest BCUT2D eigenvalue weighted by Crippen LogP contribution is -2.36. The first kappa shape index (κ1) is 24.3. The number of hydrogen-bond acceptors (Lipinski definition) is 4. The molecule has 0 unspecified atom stereocenters. The zero-order valence-electron chi connectivity index (χ0n) is 18.7. The molecule has 0 saturated heterocycles. The van der Waals surface area contributed by atoms with Crippen LogP contribution in [-0.2, 0) is 9.59 Å². The molecule has 178 valence electrons. The van der Waals surface area contributed by atoms with Gasteiger partial charge in [0.1, 0.15) is 11.4 Å². The summed E-state index contributed by atoms with van der Waals surface area (Å²) in [5.74, 6) is -1.72. The summed E-state index contributed by atoms with van der Waals surface area (Å²) in [6.45, 7) is 1.86. The minimum Gasteiger partial charge on any atom is -0.497 e. The van der Waals surface area contributed by atoms with Crippen LogP contribution in [0.15, 0.2) is 71.2 Å². The highest BCUT2D eigenvalue weighted by Gasteiger charge is 2.21. The van der Waals surface area contributed by atoms with Gasteiger partial charge in [-0.1, -0.05) is 27.5 Å². The molecule has 10 heteroatoms. The molecule has 0 aliphatic carbocycles. The highest BCUT2D eigenvalue weighted by molar-refractivity contribution is 9.10. The number of ether oxygens (including phenoxy) is 1. The van der Waals surface area contributed by atoms with Gasteiger partial charge in [0.25, 0.3) is 5.91 Å². The molecule has 4 rings (SSSR count). The Morgan fingerprint density at radius 2 is 1.66 bits per heavy atom. The van der Waals surface area contributed by atoms with Crippen LogP contribution in [0.5, 0.6) is 5.75 Å². The number of halogens is 2. The Morgan fingerprint density at radius 1 is 0.914 bits per heavy atom. The Kier molecular flexibility index (Phi) is 7.09. The summed E-state index contributed by atoms with van der Waals surface area (Å²) in [5, 5.41) is 6.45. The second kappa shape index (κ2) is 10.2. The molecule has 0 aliphatic rings. The van der Waals surface area contributed by atoms with Gasteiger partial charge in [-0.2, -0.15) is 0 Å². The van der Waals surface area contributed by atoms with Gasteiger partial charge >= 0.3 is 11.8 Å². The zero-order valence-corrected chi connectivity index (χ0v) is 21.0. The summed E-state index contributed by atoms with van der Waals surface area (Å²) < 4.78 is 7.24. The number of nitrogens with one attached hydrogen (secondary N) is 3. The number of carbonyl (C=O) groups is 3. The molecule has 0 aliphatic heterocycles. The largest absolute Gasteiger partial charge is 0.497 e. The van der Waals surface area contributed by atoms with Crippen molar-refractivity contribution in [2.24, 2.45) is 0 Å². The number of hydrogen-bond donors (Lipinski definition) is 3. The van der Waals surface area contributed by atoms with E-state index in [0.717, 1.165) is 10.0 Å². The number of aryl methyl sites for hydroxylation is 1. The molecule has 0 saturated carbocycles. The topological polar surface area (TPSA) is 101 Å². The van der Waals surface area contributed by atoms with Crippen LogP contribution in [-0.4, -0.2) is 29.5 Å². The van der Waals surface area contributed by atoms with Crippen molar-refractivity contribution in [2.75, 3.05) is 23.2 Å². The van der Waals surface area contributed by atoms with Crippen molar-refractivity contribution >= 4 is 67.5 Å². The monoisotopic (exact) mass is 554 g/mol. The summed E-state index contributed by atoms with van der Waals surface area (Å²) in [6, 6.07) is 18.5. The van der Waals surface area contributed by atoms with Crippen molar-refractivity contribution in [1.82, 2.24) is 4.68 Å². The lowest BCUT2D eigenvalue weighted by molar-refractivity contribution is -0.133. The van der Waals surface area contributed by atoms with Crippen LogP contribution in [0.2, 0.25) is 5.02 Å². The quantitative estimate of drug-likeness (QED) is 0.290. The van der Waals surface area contributed by atoms with E-state index in [2.05, 4.69) is 32.0 Å². The number of carbonyl (C=O) groups excluding carboxylic acids is 3. The Hall–Kier alpha value is -3.82. The number of aromatic nitrogens is 1. The molecule has 3 aromatic carbocycles. The van der Waals surface area contributed by atoms with Gasteiger partial charge in [-0.25, -0.2) is 4.68 Å². The number of fused-ring (bicyclic) bond motifs is 1. The predicted molar refractivity (Wildman–Crippen MR) is 140 cm³/mol. The van der Waals surface area contributed by atoms with E-state index in [4.69, 9.17) is 16.3 Å². The van der Waals surface area contributed by atoms with Gasteiger partial charge < -0.3 is 15.4 Å². The fourth-order valence-electron chi connectivity index (χ4n) is 3.44. The number of benzene rings is 3. The van der Waals surface area contributed by atoms with Crippen LogP contribution in [0.4, 0.5) is 11.4 Å². The summed E-state index contributed by atoms with van der Waals surface area (Å²) in [6.07, 6.45) is 0. The van der Waals surface area contributed by atoms with Gasteiger partial charge in [0.2, 0.25) is 0 Å². The van der Waals surface area contributed by atoms with E-state index < -0.39 is 17.7 Å². The molecule has 4 aromatic rings. The summed E-state index contributed by atoms with van der Waals surface area (Å²) in [5.41, 5.74) is 5.01. The highest BCUT2D eigenvalue weighted by Crippen LogP contribution is 2.25. The molecule has 3 N–H and O–H groups in total. The van der Waals surface area contributed by atoms with E-state index in [9.17, 15) is 14.4 Å². The average Bonchev–Trinajstić information content (AvgIpc) is 3.18. The Balaban J connectivity index is 1.61. The van der Waals surface area contributed by atoms with Crippen molar-refractivity contribution < 1.29 is 19.1 Å². The molecule has 0 atom stereocenters. The fraction of sp³-hybridized carbons (Fsp3) is 0.0800. The van der Waals surface area contributed by atoms with E-state index in [1.807, 2.05) is 19.1 Å². The first-order valence-electron chi connectivity index (χ1n) is 10.4. The minimum absolute atomic E-state index is 0.121. The maximum Gasteiger partial charge on any atom is 0.328 e. The molecule has 35 heavy (non-hydrogen) atoms. The Bertz CT molecular complexity index is 1450. The van der Waals surface area contributed by atoms with Crippen LogP contribution in [0.1, 0.15) is 16.1 Å².